The smallest absolute Gasteiger partial charge is 0.239 e. The van der Waals surface area contributed by atoms with Crippen molar-refractivity contribution in [2.45, 2.75) is 30.4 Å². The zero-order valence-electron chi connectivity index (χ0n) is 10.8. The first kappa shape index (κ1) is 12.3. The zero-order valence-corrected chi connectivity index (χ0v) is 11.6. The van der Waals surface area contributed by atoms with Crippen LogP contribution in [0.5, 0.6) is 0 Å². The Morgan fingerprint density at radius 1 is 1.42 bits per heavy atom. The second-order valence-electron chi connectivity index (χ2n) is 4.73. The number of nitrogens with zero attached hydrogens (tertiary/aromatic N) is 1. The standard InChI is InChI=1S/C14H14N2O2S/c1-8-3-4-10-7-12(19-11(10)5-8)14(17)15-13-6-9(2)18-16-13/h3-6,12H,7H2,1-2H3,(H,15,16,17)/t12-/m0/s1. The minimum atomic E-state index is -0.0891. The molecule has 1 aliphatic heterocycles. The third-order valence-corrected chi connectivity index (χ3v) is 4.37. The van der Waals surface area contributed by atoms with Crippen molar-refractivity contribution in [2.75, 3.05) is 5.32 Å². The van der Waals surface area contributed by atoms with Crippen LogP contribution < -0.4 is 5.32 Å². The van der Waals surface area contributed by atoms with E-state index in [9.17, 15) is 4.79 Å². The normalized spacial score (nSPS) is 17.3. The quantitative estimate of drug-likeness (QED) is 0.914. The molecule has 5 heteroatoms. The lowest BCUT2D eigenvalue weighted by Crippen LogP contribution is -2.24. The highest BCUT2D eigenvalue weighted by molar-refractivity contribution is 8.01. The Bertz CT molecular complexity index is 636. The molecular formula is C14H14N2O2S. The summed E-state index contributed by atoms with van der Waals surface area (Å²) in [5, 5.41) is 6.47. The summed E-state index contributed by atoms with van der Waals surface area (Å²) in [7, 11) is 0. The van der Waals surface area contributed by atoms with Crippen molar-refractivity contribution in [3.05, 3.63) is 41.2 Å². The molecule has 0 unspecified atom stereocenters. The lowest BCUT2D eigenvalue weighted by Gasteiger charge is -2.06. The summed E-state index contributed by atoms with van der Waals surface area (Å²) in [5.41, 5.74) is 2.46. The topological polar surface area (TPSA) is 55.1 Å². The number of thioether (sulfide) groups is 1. The molecule has 1 N–H and O–H groups in total. The number of hydrogen-bond acceptors (Lipinski definition) is 4. The molecule has 1 aliphatic rings. The molecular weight excluding hydrogens is 260 g/mol. The first-order chi connectivity index (χ1) is 9.11. The van der Waals surface area contributed by atoms with Gasteiger partial charge in [0.05, 0.1) is 5.25 Å². The number of aryl methyl sites for hydroxylation is 2. The van der Waals surface area contributed by atoms with E-state index < -0.39 is 0 Å². The Hall–Kier alpha value is -1.75. The van der Waals surface area contributed by atoms with Crippen LogP contribution in [-0.2, 0) is 11.2 Å². The van der Waals surface area contributed by atoms with Crippen molar-refractivity contribution in [2.24, 2.45) is 0 Å². The van der Waals surface area contributed by atoms with Crippen LogP contribution in [0.25, 0.3) is 0 Å². The van der Waals surface area contributed by atoms with Gasteiger partial charge in [-0.2, -0.15) is 0 Å². The van der Waals surface area contributed by atoms with Gasteiger partial charge in [0.15, 0.2) is 5.82 Å². The molecule has 0 aliphatic carbocycles. The molecule has 19 heavy (non-hydrogen) atoms. The van der Waals surface area contributed by atoms with E-state index in [1.807, 2.05) is 0 Å². The molecule has 0 spiro atoms. The molecule has 3 rings (SSSR count). The van der Waals surface area contributed by atoms with Crippen LogP contribution in [-0.4, -0.2) is 16.3 Å². The summed E-state index contributed by atoms with van der Waals surface area (Å²) in [5.74, 6) is 1.15. The summed E-state index contributed by atoms with van der Waals surface area (Å²) < 4.78 is 4.93. The summed E-state index contributed by atoms with van der Waals surface area (Å²) in [6.07, 6.45) is 0.767. The highest BCUT2D eigenvalue weighted by Crippen LogP contribution is 2.37. The van der Waals surface area contributed by atoms with Crippen molar-refractivity contribution in [1.29, 1.82) is 0 Å². The molecule has 0 saturated carbocycles. The molecule has 2 heterocycles. The molecule has 98 valence electrons. The molecule has 1 atom stereocenters. The number of rotatable bonds is 2. The summed E-state index contributed by atoms with van der Waals surface area (Å²) >= 11 is 1.61. The molecule has 1 amide bonds. The molecule has 0 saturated heterocycles. The lowest BCUT2D eigenvalue weighted by molar-refractivity contribution is -0.115. The highest BCUT2D eigenvalue weighted by atomic mass is 32.2. The van der Waals surface area contributed by atoms with E-state index in [0.717, 1.165) is 6.42 Å². The van der Waals surface area contributed by atoms with E-state index in [-0.39, 0.29) is 11.2 Å². The number of benzene rings is 1. The summed E-state index contributed by atoms with van der Waals surface area (Å²) in [6.45, 7) is 3.86. The average molecular weight is 274 g/mol. The van der Waals surface area contributed by atoms with Gasteiger partial charge in [0, 0.05) is 11.0 Å². The van der Waals surface area contributed by atoms with Gasteiger partial charge >= 0.3 is 0 Å². The van der Waals surface area contributed by atoms with E-state index in [4.69, 9.17) is 4.52 Å². The molecule has 0 radical (unpaired) electrons. The number of anilines is 1. The predicted molar refractivity (Wildman–Crippen MR) is 74.4 cm³/mol. The number of carbonyl (C=O) groups is 1. The van der Waals surface area contributed by atoms with Crippen molar-refractivity contribution >= 4 is 23.5 Å². The van der Waals surface area contributed by atoms with Gasteiger partial charge in [0.2, 0.25) is 5.91 Å². The van der Waals surface area contributed by atoms with E-state index in [0.29, 0.717) is 11.6 Å². The van der Waals surface area contributed by atoms with Gasteiger partial charge in [-0.05, 0) is 31.9 Å². The Kier molecular flexibility index (Phi) is 3.06. The molecule has 4 nitrogen and oxygen atoms in total. The number of fused-ring (bicyclic) bond motifs is 1. The number of amides is 1. The van der Waals surface area contributed by atoms with Crippen molar-refractivity contribution < 1.29 is 9.32 Å². The van der Waals surface area contributed by atoms with E-state index in [2.05, 4.69) is 35.6 Å². The minimum Gasteiger partial charge on any atom is -0.360 e. The Labute approximate surface area is 115 Å². The van der Waals surface area contributed by atoms with E-state index >= 15 is 0 Å². The van der Waals surface area contributed by atoms with Crippen molar-refractivity contribution in [3.8, 4) is 0 Å². The van der Waals surface area contributed by atoms with Crippen molar-refractivity contribution in [3.63, 3.8) is 0 Å². The summed E-state index contributed by atoms with van der Waals surface area (Å²) in [4.78, 5) is 13.4. The van der Waals surface area contributed by atoms with E-state index in [1.54, 1.807) is 24.8 Å². The van der Waals surface area contributed by atoms with Gasteiger partial charge in [-0.25, -0.2) is 0 Å². The van der Waals surface area contributed by atoms with Gasteiger partial charge in [-0.3, -0.25) is 4.79 Å². The third kappa shape index (κ3) is 2.51. The van der Waals surface area contributed by atoms with Crippen LogP contribution in [0, 0.1) is 13.8 Å². The molecule has 1 aromatic carbocycles. The predicted octanol–water partition coefficient (Wildman–Crippen LogP) is 2.95. The minimum absolute atomic E-state index is 0.0212. The Morgan fingerprint density at radius 2 is 2.26 bits per heavy atom. The van der Waals surface area contributed by atoms with Gasteiger partial charge in [0.1, 0.15) is 5.76 Å². The first-order valence-corrected chi connectivity index (χ1v) is 7.00. The van der Waals surface area contributed by atoms with Gasteiger partial charge in [-0.1, -0.05) is 22.9 Å². The van der Waals surface area contributed by atoms with Crippen LogP contribution in [0.3, 0.4) is 0 Å². The van der Waals surface area contributed by atoms with Crippen LogP contribution >= 0.6 is 11.8 Å². The Morgan fingerprint density at radius 3 is 3.00 bits per heavy atom. The largest absolute Gasteiger partial charge is 0.360 e. The summed E-state index contributed by atoms with van der Waals surface area (Å²) in [6, 6.07) is 8.04. The van der Waals surface area contributed by atoms with Gasteiger partial charge < -0.3 is 9.84 Å². The SMILES string of the molecule is Cc1ccc2c(c1)S[C@H](C(=O)Nc1cc(C)on1)C2. The maximum Gasteiger partial charge on any atom is 0.239 e. The first-order valence-electron chi connectivity index (χ1n) is 6.12. The fraction of sp³-hybridized carbons (Fsp3) is 0.286. The number of nitrogens with one attached hydrogen (secondary N) is 1. The number of aromatic nitrogens is 1. The molecule has 0 fully saturated rings. The van der Waals surface area contributed by atoms with Crippen LogP contribution in [0.2, 0.25) is 0 Å². The maximum atomic E-state index is 12.2. The van der Waals surface area contributed by atoms with Gasteiger partial charge in [0.25, 0.3) is 0 Å². The molecule has 2 aromatic rings. The molecule has 0 bridgehead atoms. The number of carbonyl (C=O) groups excluding carboxylic acids is 1. The zero-order chi connectivity index (χ0) is 13.4. The maximum absolute atomic E-state index is 12.2. The fourth-order valence-electron chi connectivity index (χ4n) is 2.11. The second kappa shape index (κ2) is 4.74. The van der Waals surface area contributed by atoms with Crippen molar-refractivity contribution in [1.82, 2.24) is 5.16 Å². The fourth-order valence-corrected chi connectivity index (χ4v) is 3.41. The van der Waals surface area contributed by atoms with Crippen LogP contribution in [0.1, 0.15) is 16.9 Å². The second-order valence-corrected chi connectivity index (χ2v) is 5.98. The lowest BCUT2D eigenvalue weighted by atomic mass is 10.1. The van der Waals surface area contributed by atoms with Crippen LogP contribution in [0.15, 0.2) is 33.7 Å². The number of hydrogen-bond donors (Lipinski definition) is 1. The van der Waals surface area contributed by atoms with Crippen LogP contribution in [0.4, 0.5) is 5.82 Å². The average Bonchev–Trinajstić information content (AvgIpc) is 2.95. The monoisotopic (exact) mass is 274 g/mol. The third-order valence-electron chi connectivity index (χ3n) is 3.07. The Balaban J connectivity index is 1.70. The highest BCUT2D eigenvalue weighted by Gasteiger charge is 2.28. The van der Waals surface area contributed by atoms with Gasteiger partial charge in [-0.15, -0.1) is 11.8 Å². The van der Waals surface area contributed by atoms with E-state index in [1.165, 1.54) is 16.0 Å². The molecule has 1 aromatic heterocycles.